The Morgan fingerprint density at radius 2 is 2.08 bits per heavy atom. The third kappa shape index (κ3) is 3.95. The maximum Gasteiger partial charge on any atom is 0.410 e. The van der Waals surface area contributed by atoms with E-state index in [1.807, 2.05) is 20.8 Å². The van der Waals surface area contributed by atoms with Crippen LogP contribution < -0.4 is 16.0 Å². The minimum atomic E-state index is -0.760. The molecule has 4 amide bonds. The van der Waals surface area contributed by atoms with Crippen molar-refractivity contribution in [2.75, 3.05) is 19.6 Å². The number of carbonyl (C=O) groups is 3. The van der Waals surface area contributed by atoms with E-state index >= 15 is 0 Å². The van der Waals surface area contributed by atoms with E-state index in [-0.39, 0.29) is 24.0 Å². The molecule has 1 spiro atoms. The van der Waals surface area contributed by atoms with Gasteiger partial charge in [0.15, 0.2) is 0 Å². The van der Waals surface area contributed by atoms with Crippen LogP contribution in [-0.2, 0) is 9.53 Å². The predicted molar refractivity (Wildman–Crippen MR) is 95.6 cm³/mol. The van der Waals surface area contributed by atoms with Crippen LogP contribution in [0.4, 0.5) is 9.59 Å². The third-order valence-corrected chi connectivity index (χ3v) is 5.52. The van der Waals surface area contributed by atoms with Crippen LogP contribution in [0.5, 0.6) is 0 Å². The zero-order valence-corrected chi connectivity index (χ0v) is 15.9. The van der Waals surface area contributed by atoms with E-state index in [0.29, 0.717) is 26.1 Å². The SMILES string of the molecule is CC(C)(C)OC(=O)N1CCC[C@H](NC[C@H]2CCC[C@]23NC(=O)NC3=O)C1. The van der Waals surface area contributed by atoms with Gasteiger partial charge < -0.3 is 20.3 Å². The fraction of sp³-hybridized carbons (Fsp3) is 0.833. The molecule has 0 unspecified atom stereocenters. The molecule has 26 heavy (non-hydrogen) atoms. The molecular weight excluding hydrogens is 336 g/mol. The highest BCUT2D eigenvalue weighted by atomic mass is 16.6. The topological polar surface area (TPSA) is 99.8 Å². The Labute approximate surface area is 154 Å². The molecule has 3 atom stereocenters. The number of amides is 4. The number of nitrogens with zero attached hydrogens (tertiary/aromatic N) is 1. The van der Waals surface area contributed by atoms with Gasteiger partial charge in [-0.3, -0.25) is 10.1 Å². The van der Waals surface area contributed by atoms with E-state index in [0.717, 1.165) is 25.7 Å². The number of likely N-dealkylation sites (tertiary alicyclic amines) is 1. The molecule has 0 radical (unpaired) electrons. The summed E-state index contributed by atoms with van der Waals surface area (Å²) in [6.45, 7) is 7.56. The highest BCUT2D eigenvalue weighted by Gasteiger charge is 2.54. The van der Waals surface area contributed by atoms with E-state index < -0.39 is 17.2 Å². The van der Waals surface area contributed by atoms with Crippen LogP contribution in [0.3, 0.4) is 0 Å². The predicted octanol–water partition coefficient (Wildman–Crippen LogP) is 1.35. The number of hydrogen-bond donors (Lipinski definition) is 3. The molecule has 2 heterocycles. The largest absolute Gasteiger partial charge is 0.444 e. The number of nitrogens with one attached hydrogen (secondary N) is 3. The minimum absolute atomic E-state index is 0.0749. The van der Waals surface area contributed by atoms with Crippen LogP contribution in [0.15, 0.2) is 0 Å². The number of urea groups is 1. The quantitative estimate of drug-likeness (QED) is 0.655. The van der Waals surface area contributed by atoms with Crippen LogP contribution in [0, 0.1) is 5.92 Å². The minimum Gasteiger partial charge on any atom is -0.444 e. The fourth-order valence-corrected chi connectivity index (χ4v) is 4.27. The highest BCUT2D eigenvalue weighted by Crippen LogP contribution is 2.37. The second-order valence-electron chi connectivity index (χ2n) is 8.64. The summed E-state index contributed by atoms with van der Waals surface area (Å²) < 4.78 is 5.46. The van der Waals surface area contributed by atoms with Crippen LogP contribution in [-0.4, -0.2) is 59.7 Å². The van der Waals surface area contributed by atoms with Gasteiger partial charge in [-0.1, -0.05) is 6.42 Å². The average molecular weight is 366 g/mol. The van der Waals surface area contributed by atoms with Crippen molar-refractivity contribution in [3.8, 4) is 0 Å². The van der Waals surface area contributed by atoms with Crippen molar-refractivity contribution >= 4 is 18.0 Å². The van der Waals surface area contributed by atoms with Crippen LogP contribution in [0.2, 0.25) is 0 Å². The standard InChI is InChI=1S/C18H30N4O4/c1-17(2,3)26-16(25)22-9-5-7-13(11-22)19-10-12-6-4-8-18(12)14(23)20-15(24)21-18/h12-13,19H,4-11H2,1-3H3,(H2,20,21,23,24)/t12-,13+,18+/m1/s1. The second-order valence-corrected chi connectivity index (χ2v) is 8.64. The first-order valence-corrected chi connectivity index (χ1v) is 9.54. The van der Waals surface area contributed by atoms with Gasteiger partial charge in [0, 0.05) is 31.6 Å². The highest BCUT2D eigenvalue weighted by molar-refractivity contribution is 6.07. The number of piperidine rings is 1. The second kappa shape index (κ2) is 7.06. The zero-order chi connectivity index (χ0) is 18.9. The summed E-state index contributed by atoms with van der Waals surface area (Å²) in [7, 11) is 0. The van der Waals surface area contributed by atoms with E-state index in [4.69, 9.17) is 4.74 Å². The summed E-state index contributed by atoms with van der Waals surface area (Å²) in [5, 5.41) is 8.74. The number of carbonyl (C=O) groups excluding carboxylic acids is 3. The summed E-state index contributed by atoms with van der Waals surface area (Å²) in [6, 6.07) is -0.218. The molecule has 2 aliphatic heterocycles. The summed E-state index contributed by atoms with van der Waals surface area (Å²) in [6.07, 6.45) is 4.15. The number of rotatable bonds is 3. The Morgan fingerprint density at radius 1 is 1.31 bits per heavy atom. The van der Waals surface area contributed by atoms with Crippen LogP contribution in [0.25, 0.3) is 0 Å². The third-order valence-electron chi connectivity index (χ3n) is 5.52. The van der Waals surface area contributed by atoms with E-state index in [1.165, 1.54) is 0 Å². The lowest BCUT2D eigenvalue weighted by atomic mass is 9.86. The van der Waals surface area contributed by atoms with Gasteiger partial charge in [0.05, 0.1) is 0 Å². The van der Waals surface area contributed by atoms with Gasteiger partial charge in [0.1, 0.15) is 11.1 Å². The average Bonchev–Trinajstić information content (AvgIpc) is 3.07. The van der Waals surface area contributed by atoms with Gasteiger partial charge in [-0.05, 0) is 46.5 Å². The molecule has 1 saturated carbocycles. The molecule has 0 bridgehead atoms. The Balaban J connectivity index is 1.54. The summed E-state index contributed by atoms with van der Waals surface area (Å²) in [4.78, 5) is 37.9. The molecule has 0 aromatic rings. The molecule has 0 aromatic heterocycles. The van der Waals surface area contributed by atoms with Crippen molar-refractivity contribution in [2.24, 2.45) is 5.92 Å². The lowest BCUT2D eigenvalue weighted by molar-refractivity contribution is -0.125. The molecule has 3 fully saturated rings. The summed E-state index contributed by atoms with van der Waals surface area (Å²) in [5.74, 6) is -0.128. The Hall–Kier alpha value is -1.83. The molecule has 8 heteroatoms. The van der Waals surface area contributed by atoms with Crippen LogP contribution in [0.1, 0.15) is 52.9 Å². The van der Waals surface area contributed by atoms with Crippen LogP contribution >= 0.6 is 0 Å². The molecule has 146 valence electrons. The molecular formula is C18H30N4O4. The van der Waals surface area contributed by atoms with E-state index in [9.17, 15) is 14.4 Å². The lowest BCUT2D eigenvalue weighted by Gasteiger charge is -2.36. The van der Waals surface area contributed by atoms with Gasteiger partial charge in [0.2, 0.25) is 0 Å². The van der Waals surface area contributed by atoms with Gasteiger partial charge in [-0.2, -0.15) is 0 Å². The zero-order valence-electron chi connectivity index (χ0n) is 15.9. The van der Waals surface area contributed by atoms with Crippen molar-refractivity contribution in [3.63, 3.8) is 0 Å². The number of imide groups is 1. The first-order valence-electron chi connectivity index (χ1n) is 9.54. The molecule has 3 aliphatic rings. The smallest absolute Gasteiger partial charge is 0.410 e. The first-order chi connectivity index (χ1) is 12.2. The maximum absolute atomic E-state index is 12.3. The molecule has 0 aromatic carbocycles. The lowest BCUT2D eigenvalue weighted by Crippen LogP contribution is -2.55. The molecule has 2 saturated heterocycles. The van der Waals surface area contributed by atoms with Gasteiger partial charge in [-0.15, -0.1) is 0 Å². The van der Waals surface area contributed by atoms with Crippen molar-refractivity contribution in [3.05, 3.63) is 0 Å². The van der Waals surface area contributed by atoms with Gasteiger partial charge in [0.25, 0.3) is 5.91 Å². The van der Waals surface area contributed by atoms with E-state index in [2.05, 4.69) is 16.0 Å². The first kappa shape index (κ1) is 18.9. The fourth-order valence-electron chi connectivity index (χ4n) is 4.27. The molecule has 3 N–H and O–H groups in total. The number of ether oxygens (including phenoxy) is 1. The molecule has 3 rings (SSSR count). The Kier molecular flexibility index (Phi) is 5.14. The van der Waals surface area contributed by atoms with Crippen molar-refractivity contribution in [1.29, 1.82) is 0 Å². The van der Waals surface area contributed by atoms with Crippen molar-refractivity contribution in [1.82, 2.24) is 20.9 Å². The van der Waals surface area contributed by atoms with Gasteiger partial charge >= 0.3 is 12.1 Å². The number of hydrogen-bond acceptors (Lipinski definition) is 5. The summed E-state index contributed by atoms with van der Waals surface area (Å²) in [5.41, 5.74) is -1.26. The molecule has 1 aliphatic carbocycles. The summed E-state index contributed by atoms with van der Waals surface area (Å²) >= 11 is 0. The van der Waals surface area contributed by atoms with Crippen molar-refractivity contribution in [2.45, 2.75) is 70.1 Å². The maximum atomic E-state index is 12.3. The Morgan fingerprint density at radius 3 is 2.73 bits per heavy atom. The Bertz CT molecular complexity index is 588. The molecule has 8 nitrogen and oxygen atoms in total. The normalized spacial score (nSPS) is 31.9. The van der Waals surface area contributed by atoms with Gasteiger partial charge in [-0.25, -0.2) is 9.59 Å². The monoisotopic (exact) mass is 366 g/mol. The van der Waals surface area contributed by atoms with E-state index in [1.54, 1.807) is 4.90 Å². The van der Waals surface area contributed by atoms with Crippen molar-refractivity contribution < 1.29 is 19.1 Å².